The molecule has 0 aromatic carbocycles. The topological polar surface area (TPSA) is 52.6 Å². The minimum Gasteiger partial charge on any atom is -0.357 e. The molecule has 1 fully saturated rings. The van der Waals surface area contributed by atoms with Crippen LogP contribution in [-0.4, -0.2) is 36.1 Å². The van der Waals surface area contributed by atoms with Gasteiger partial charge in [0.2, 0.25) is 0 Å². The molecule has 0 unspecified atom stereocenters. The Morgan fingerprint density at radius 1 is 1.32 bits per heavy atom. The van der Waals surface area contributed by atoms with E-state index in [0.717, 1.165) is 31.4 Å². The van der Waals surface area contributed by atoms with E-state index in [0.29, 0.717) is 6.54 Å². The lowest BCUT2D eigenvalue weighted by Crippen LogP contribution is -2.47. The first-order chi connectivity index (χ1) is 10.5. The standard InChI is InChI=1S/C17H29N5/c1-5-18-16(21-17(2,3)4)20-13-14-8-9-19-15(12-14)22-10-6-7-11-22/h8-9,12H,5-7,10-11,13H2,1-4H3,(H2,18,20,21). The summed E-state index contributed by atoms with van der Waals surface area (Å²) >= 11 is 0. The highest BCUT2D eigenvalue weighted by Crippen LogP contribution is 2.18. The van der Waals surface area contributed by atoms with Crippen LogP contribution in [0.4, 0.5) is 5.82 Å². The van der Waals surface area contributed by atoms with E-state index in [1.54, 1.807) is 0 Å². The van der Waals surface area contributed by atoms with E-state index in [4.69, 9.17) is 0 Å². The lowest BCUT2D eigenvalue weighted by atomic mass is 10.1. The van der Waals surface area contributed by atoms with Gasteiger partial charge in [0.15, 0.2) is 5.96 Å². The molecule has 2 rings (SSSR count). The predicted molar refractivity (Wildman–Crippen MR) is 93.4 cm³/mol. The molecular weight excluding hydrogens is 274 g/mol. The molecule has 22 heavy (non-hydrogen) atoms. The van der Waals surface area contributed by atoms with E-state index in [-0.39, 0.29) is 5.54 Å². The highest BCUT2D eigenvalue weighted by Gasteiger charge is 2.14. The van der Waals surface area contributed by atoms with Crippen LogP contribution in [0.15, 0.2) is 23.3 Å². The number of aliphatic imine (C=N–C) groups is 1. The second-order valence-corrected chi connectivity index (χ2v) is 6.79. The normalized spacial score (nSPS) is 16.0. The molecule has 1 aromatic heterocycles. The number of aromatic nitrogens is 1. The Labute approximate surface area is 134 Å². The third-order valence-electron chi connectivity index (χ3n) is 3.50. The Kier molecular flexibility index (Phi) is 5.63. The summed E-state index contributed by atoms with van der Waals surface area (Å²) in [5.74, 6) is 1.94. The highest BCUT2D eigenvalue weighted by molar-refractivity contribution is 5.80. The molecule has 1 saturated heterocycles. The highest BCUT2D eigenvalue weighted by atomic mass is 15.2. The van der Waals surface area contributed by atoms with Crippen molar-refractivity contribution >= 4 is 11.8 Å². The Morgan fingerprint density at radius 3 is 2.68 bits per heavy atom. The van der Waals surface area contributed by atoms with Gasteiger partial charge in [0, 0.05) is 31.4 Å². The van der Waals surface area contributed by atoms with Crippen molar-refractivity contribution in [3.8, 4) is 0 Å². The maximum atomic E-state index is 4.68. The van der Waals surface area contributed by atoms with Crippen molar-refractivity contribution in [2.45, 2.75) is 52.6 Å². The van der Waals surface area contributed by atoms with Gasteiger partial charge in [-0.1, -0.05) is 0 Å². The molecule has 0 aliphatic carbocycles. The zero-order valence-electron chi connectivity index (χ0n) is 14.3. The SMILES string of the molecule is CCNC(=NCc1ccnc(N2CCCC2)c1)NC(C)(C)C. The summed E-state index contributed by atoms with van der Waals surface area (Å²) in [6.07, 6.45) is 4.43. The molecule has 5 nitrogen and oxygen atoms in total. The molecule has 5 heteroatoms. The van der Waals surface area contributed by atoms with Crippen LogP contribution >= 0.6 is 0 Å². The molecule has 1 aliphatic heterocycles. The number of anilines is 1. The number of hydrogen-bond donors (Lipinski definition) is 2. The van der Waals surface area contributed by atoms with E-state index in [9.17, 15) is 0 Å². The summed E-state index contributed by atoms with van der Waals surface area (Å²) in [5.41, 5.74) is 1.20. The van der Waals surface area contributed by atoms with Gasteiger partial charge in [-0.2, -0.15) is 0 Å². The smallest absolute Gasteiger partial charge is 0.191 e. The molecule has 2 N–H and O–H groups in total. The van der Waals surface area contributed by atoms with E-state index < -0.39 is 0 Å². The van der Waals surface area contributed by atoms with Crippen molar-refractivity contribution < 1.29 is 0 Å². The molecule has 0 bridgehead atoms. The van der Waals surface area contributed by atoms with Gasteiger partial charge in [-0.3, -0.25) is 0 Å². The average molecular weight is 303 g/mol. The Balaban J connectivity index is 2.04. The molecule has 0 saturated carbocycles. The number of pyridine rings is 1. The van der Waals surface area contributed by atoms with Gasteiger partial charge in [-0.15, -0.1) is 0 Å². The van der Waals surface area contributed by atoms with Gasteiger partial charge in [0.05, 0.1) is 6.54 Å². The Morgan fingerprint density at radius 2 is 2.05 bits per heavy atom. The number of guanidine groups is 1. The molecule has 0 amide bonds. The molecule has 122 valence electrons. The number of rotatable bonds is 4. The summed E-state index contributed by atoms with van der Waals surface area (Å²) in [7, 11) is 0. The van der Waals surface area contributed by atoms with Crippen molar-refractivity contribution in [1.82, 2.24) is 15.6 Å². The first kappa shape index (κ1) is 16.6. The molecule has 0 atom stereocenters. The van der Waals surface area contributed by atoms with Crippen molar-refractivity contribution in [3.05, 3.63) is 23.9 Å². The summed E-state index contributed by atoms with van der Waals surface area (Å²) in [6, 6.07) is 4.21. The Bertz CT molecular complexity index is 498. The van der Waals surface area contributed by atoms with E-state index >= 15 is 0 Å². The maximum Gasteiger partial charge on any atom is 0.191 e. The van der Waals surface area contributed by atoms with E-state index in [1.165, 1.54) is 18.4 Å². The van der Waals surface area contributed by atoms with Crippen LogP contribution in [-0.2, 0) is 6.54 Å². The van der Waals surface area contributed by atoms with Crippen LogP contribution in [0, 0.1) is 0 Å². The van der Waals surface area contributed by atoms with Crippen molar-refractivity contribution in [2.75, 3.05) is 24.5 Å². The monoisotopic (exact) mass is 303 g/mol. The van der Waals surface area contributed by atoms with Crippen molar-refractivity contribution in [3.63, 3.8) is 0 Å². The lowest BCUT2D eigenvalue weighted by molar-refractivity contribution is 0.501. The van der Waals surface area contributed by atoms with Crippen molar-refractivity contribution in [1.29, 1.82) is 0 Å². The van der Waals surface area contributed by atoms with Gasteiger partial charge in [-0.05, 0) is 58.2 Å². The first-order valence-electron chi connectivity index (χ1n) is 8.24. The summed E-state index contributed by atoms with van der Waals surface area (Å²) < 4.78 is 0. The van der Waals surface area contributed by atoms with Crippen LogP contribution in [0.3, 0.4) is 0 Å². The second-order valence-electron chi connectivity index (χ2n) is 6.79. The fourth-order valence-electron chi connectivity index (χ4n) is 2.51. The fourth-order valence-corrected chi connectivity index (χ4v) is 2.51. The molecule has 0 radical (unpaired) electrons. The first-order valence-corrected chi connectivity index (χ1v) is 8.24. The third-order valence-corrected chi connectivity index (χ3v) is 3.50. The van der Waals surface area contributed by atoms with Crippen LogP contribution in [0.1, 0.15) is 46.1 Å². The lowest BCUT2D eigenvalue weighted by Gasteiger charge is -2.23. The fraction of sp³-hybridized carbons (Fsp3) is 0.647. The van der Waals surface area contributed by atoms with Crippen molar-refractivity contribution in [2.24, 2.45) is 4.99 Å². The number of hydrogen-bond acceptors (Lipinski definition) is 3. The maximum absolute atomic E-state index is 4.68. The summed E-state index contributed by atoms with van der Waals surface area (Å²) in [4.78, 5) is 11.5. The van der Waals surface area contributed by atoms with E-state index in [1.807, 2.05) is 12.3 Å². The van der Waals surface area contributed by atoms with E-state index in [2.05, 4.69) is 59.3 Å². The average Bonchev–Trinajstić information content (AvgIpc) is 2.98. The third kappa shape index (κ3) is 5.20. The minimum absolute atomic E-state index is 0.0000415. The van der Waals surface area contributed by atoms with Crippen LogP contribution in [0.5, 0.6) is 0 Å². The van der Waals surface area contributed by atoms with Gasteiger partial charge >= 0.3 is 0 Å². The molecule has 1 aliphatic rings. The molecule has 0 spiro atoms. The molecular formula is C17H29N5. The second kappa shape index (κ2) is 7.47. The Hall–Kier alpha value is -1.78. The van der Waals surface area contributed by atoms with Crippen LogP contribution < -0.4 is 15.5 Å². The largest absolute Gasteiger partial charge is 0.357 e. The van der Waals surface area contributed by atoms with Crippen LogP contribution in [0.2, 0.25) is 0 Å². The zero-order valence-corrected chi connectivity index (χ0v) is 14.3. The quantitative estimate of drug-likeness (QED) is 0.663. The summed E-state index contributed by atoms with van der Waals surface area (Å²) in [5, 5.41) is 6.70. The minimum atomic E-state index is -0.0000415. The summed E-state index contributed by atoms with van der Waals surface area (Å²) in [6.45, 7) is 12.2. The number of nitrogens with zero attached hydrogens (tertiary/aromatic N) is 3. The zero-order chi connectivity index (χ0) is 16.0. The predicted octanol–water partition coefficient (Wildman–Crippen LogP) is 2.54. The van der Waals surface area contributed by atoms with Gasteiger partial charge in [-0.25, -0.2) is 9.98 Å². The van der Waals surface area contributed by atoms with Crippen LogP contribution in [0.25, 0.3) is 0 Å². The van der Waals surface area contributed by atoms with Gasteiger partial charge < -0.3 is 15.5 Å². The van der Waals surface area contributed by atoms with Gasteiger partial charge in [0.25, 0.3) is 0 Å². The number of nitrogens with one attached hydrogen (secondary N) is 2. The molecule has 1 aromatic rings. The molecule has 2 heterocycles. The van der Waals surface area contributed by atoms with Gasteiger partial charge in [0.1, 0.15) is 5.82 Å².